The number of hydrogen-bond acceptors (Lipinski definition) is 17. The number of carboxylic acids is 2. The Balaban J connectivity index is 1.15. The van der Waals surface area contributed by atoms with Gasteiger partial charge < -0.3 is 41.2 Å². The number of anilines is 1. The first-order chi connectivity index (χ1) is 27.3. The van der Waals surface area contributed by atoms with Crippen molar-refractivity contribution in [3.8, 4) is 11.5 Å². The van der Waals surface area contributed by atoms with Gasteiger partial charge in [0.1, 0.15) is 5.69 Å². The van der Waals surface area contributed by atoms with Crippen LogP contribution >= 0.6 is 34.7 Å². The summed E-state index contributed by atoms with van der Waals surface area (Å²) in [6.07, 6.45) is 1.90. The number of carboxylic acid groups (broad SMARTS) is 2. The van der Waals surface area contributed by atoms with Gasteiger partial charge in [-0.3, -0.25) is 19.3 Å². The van der Waals surface area contributed by atoms with Crippen LogP contribution in [0, 0.1) is 5.92 Å². The van der Waals surface area contributed by atoms with Gasteiger partial charge >= 0.3 is 24.0 Å². The molecule has 3 aliphatic heterocycles. The van der Waals surface area contributed by atoms with E-state index in [1.807, 2.05) is 0 Å². The summed E-state index contributed by atoms with van der Waals surface area (Å²) >= 11 is 7.72. The lowest BCUT2D eigenvalue weighted by atomic mass is 9.90. The average Bonchev–Trinajstić information content (AvgIpc) is 3.85. The summed E-state index contributed by atoms with van der Waals surface area (Å²) in [5.74, 6) is -6.52. The van der Waals surface area contributed by atoms with E-state index in [1.54, 1.807) is 6.92 Å². The van der Waals surface area contributed by atoms with Crippen LogP contribution in [0.2, 0.25) is 5.02 Å². The number of ketones is 2. The summed E-state index contributed by atoms with van der Waals surface area (Å²) in [5, 5.41) is 54.5. The van der Waals surface area contributed by atoms with E-state index < -0.39 is 87.2 Å². The minimum Gasteiger partial charge on any atom is -0.504 e. The van der Waals surface area contributed by atoms with E-state index in [9.17, 15) is 54.0 Å². The van der Waals surface area contributed by atoms with Gasteiger partial charge in [0.05, 0.1) is 41.3 Å². The number of nitrogens with zero attached hydrogens (tertiary/aromatic N) is 7. The molecule has 8 N–H and O–H groups in total. The van der Waals surface area contributed by atoms with E-state index in [0.717, 1.165) is 51.5 Å². The number of thioether (sulfide) groups is 1. The highest BCUT2D eigenvalue weighted by atomic mass is 35.5. The molecule has 0 unspecified atom stereocenters. The number of β-lactam (4-membered cyclic amide) rings is 1. The van der Waals surface area contributed by atoms with E-state index in [1.165, 1.54) is 30.2 Å². The molecule has 0 spiro atoms. The highest BCUT2D eigenvalue weighted by molar-refractivity contribution is 8.02. The van der Waals surface area contributed by atoms with Crippen molar-refractivity contribution in [1.82, 2.24) is 30.5 Å². The number of amides is 5. The number of nitrogens with two attached hydrogens (primary N) is 1. The number of oxime groups is 1. The van der Waals surface area contributed by atoms with Gasteiger partial charge in [-0.25, -0.2) is 34.6 Å². The van der Waals surface area contributed by atoms with Crippen molar-refractivity contribution >= 4 is 99.4 Å². The maximum absolute atomic E-state index is 13.6. The molecule has 22 nitrogen and oxygen atoms in total. The minimum absolute atomic E-state index is 0.000672. The number of aromatic hydroxyl groups is 2. The molecule has 1 aromatic heterocycles. The monoisotopic (exact) mass is 864 g/mol. The van der Waals surface area contributed by atoms with Gasteiger partial charge in [-0.1, -0.05) is 28.5 Å². The van der Waals surface area contributed by atoms with E-state index in [-0.39, 0.29) is 59.6 Å². The molecular formula is C33H37ClN10O12S2. The Morgan fingerprint density at radius 2 is 1.90 bits per heavy atom. The molecule has 3 saturated heterocycles. The zero-order valence-electron chi connectivity index (χ0n) is 30.8. The van der Waals surface area contributed by atoms with Crippen LogP contribution in [0.1, 0.15) is 56.1 Å². The van der Waals surface area contributed by atoms with E-state index in [4.69, 9.17) is 22.2 Å². The van der Waals surface area contributed by atoms with Gasteiger partial charge in [-0.15, -0.1) is 11.3 Å². The van der Waals surface area contributed by atoms with Gasteiger partial charge in [0, 0.05) is 36.9 Å². The summed E-state index contributed by atoms with van der Waals surface area (Å²) in [7, 11) is 0. The Morgan fingerprint density at radius 3 is 2.55 bits per heavy atom. The van der Waals surface area contributed by atoms with Crippen LogP contribution in [0.5, 0.6) is 11.5 Å². The molecule has 25 heteroatoms. The molecule has 5 amide bonds. The molecule has 0 bridgehead atoms. The maximum atomic E-state index is 13.6. The van der Waals surface area contributed by atoms with Crippen LogP contribution in [0.25, 0.3) is 0 Å². The molecule has 0 saturated carbocycles. The van der Waals surface area contributed by atoms with Gasteiger partial charge in [0.2, 0.25) is 16.4 Å². The molecular weight excluding hydrogens is 828 g/mol. The highest BCUT2D eigenvalue weighted by Gasteiger charge is 2.66. The smallest absolute Gasteiger partial charge is 0.350 e. The second-order valence-corrected chi connectivity index (χ2v) is 16.2. The van der Waals surface area contributed by atoms with E-state index in [2.05, 4.69) is 31.1 Å². The van der Waals surface area contributed by atoms with Crippen molar-refractivity contribution in [1.29, 1.82) is 0 Å². The van der Waals surface area contributed by atoms with Gasteiger partial charge in [-0.2, -0.15) is 10.2 Å². The summed E-state index contributed by atoms with van der Waals surface area (Å²) in [4.78, 5) is 98.9. The molecule has 5 rings (SSSR count). The molecule has 4 atom stereocenters. The number of carbonyl (C=O) groups is 7. The maximum Gasteiger partial charge on any atom is 0.350 e. The largest absolute Gasteiger partial charge is 0.504 e. The van der Waals surface area contributed by atoms with Crippen molar-refractivity contribution in [2.45, 2.75) is 61.9 Å². The van der Waals surface area contributed by atoms with Crippen LogP contribution in [0.3, 0.4) is 0 Å². The predicted molar refractivity (Wildman–Crippen MR) is 208 cm³/mol. The number of hydrazone groups is 2. The lowest BCUT2D eigenvalue weighted by Gasteiger charge is -2.40. The summed E-state index contributed by atoms with van der Waals surface area (Å²) in [6.45, 7) is 3.66. The van der Waals surface area contributed by atoms with Crippen molar-refractivity contribution in [2.75, 3.05) is 25.4 Å². The molecule has 3 aliphatic rings. The fourth-order valence-corrected chi connectivity index (χ4v) is 8.39. The number of carbonyl (C=O) groups excluding carboxylic acids is 5. The SMILES string of the molecule is C[C@H]1CN([C@]2(C(=O)O)CN3C(=O)[C@@H](CC(=O)/C(=N\OC(C)(C)C(=O)O)c4csc(N)n4)[C@H]3S2)C(=O)N1/N=C/C=N/NC(=O)NCCCC(=O)c1ccc(O)c(O)c1Cl. The van der Waals surface area contributed by atoms with Crippen LogP contribution < -0.4 is 16.5 Å². The third-order valence-electron chi connectivity index (χ3n) is 9.09. The number of aromatic nitrogens is 1. The fraction of sp³-hybridized carbons (Fsp3) is 0.424. The van der Waals surface area contributed by atoms with E-state index >= 15 is 0 Å². The van der Waals surface area contributed by atoms with Crippen molar-refractivity contribution < 1.29 is 58.8 Å². The molecule has 4 heterocycles. The van der Waals surface area contributed by atoms with Gasteiger partial charge in [0.25, 0.3) is 0 Å². The van der Waals surface area contributed by atoms with Crippen molar-refractivity contribution in [2.24, 2.45) is 21.3 Å². The van der Waals surface area contributed by atoms with Crippen molar-refractivity contribution in [3.05, 3.63) is 33.8 Å². The third-order valence-corrected chi connectivity index (χ3v) is 11.9. The number of hydrogen-bond donors (Lipinski definition) is 7. The Hall–Kier alpha value is -6.01. The molecule has 0 radical (unpaired) electrons. The molecule has 1 aromatic carbocycles. The first kappa shape index (κ1) is 43.1. The number of halogens is 1. The Labute approximate surface area is 341 Å². The van der Waals surface area contributed by atoms with Crippen molar-refractivity contribution in [3.63, 3.8) is 0 Å². The zero-order chi connectivity index (χ0) is 42.7. The number of nitrogens with one attached hydrogen (secondary N) is 2. The molecule has 2 aromatic rings. The second kappa shape index (κ2) is 17.2. The highest BCUT2D eigenvalue weighted by Crippen LogP contribution is 2.53. The lowest BCUT2D eigenvalue weighted by molar-refractivity contribution is -0.161. The quantitative estimate of drug-likeness (QED) is 0.0297. The van der Waals surface area contributed by atoms with Gasteiger partial charge in [0.15, 0.2) is 33.9 Å². The third kappa shape index (κ3) is 8.77. The summed E-state index contributed by atoms with van der Waals surface area (Å²) in [5.41, 5.74) is 5.73. The fourth-order valence-electron chi connectivity index (χ4n) is 5.90. The zero-order valence-corrected chi connectivity index (χ0v) is 33.2. The summed E-state index contributed by atoms with van der Waals surface area (Å²) in [6, 6.07) is 0.272. The van der Waals surface area contributed by atoms with Crippen LogP contribution in [0.4, 0.5) is 14.7 Å². The van der Waals surface area contributed by atoms with Crippen LogP contribution in [0.15, 0.2) is 32.9 Å². The van der Waals surface area contributed by atoms with Gasteiger partial charge in [-0.05, 0) is 39.3 Å². The number of aliphatic carboxylic acids is 2. The standard InChI is InChI=1S/C33H37ClN10O12S2/c1-15-12-43(31(55)44(15)38-10-9-37-40-30(54)36-8-4-5-19(45)16-6-7-20(46)24(48)22(16)34)33(28(52)53)14-42-25(49)17(26(42)58-33)11-21(47)23(18-13-57-29(35)39-18)41-56-32(2,3)27(50)51/h6-7,9-10,13,15,17,26,46,48H,4-5,8,11-12,14H2,1-3H3,(H2,35,39)(H,50,51)(H,52,53)(H2,36,40,54)/b37-9+,38-10+,41-23-/t15-,17+,26+,33+/m0/s1. The molecule has 310 valence electrons. The lowest BCUT2D eigenvalue weighted by Crippen LogP contribution is -2.59. The number of benzene rings is 1. The topological polar surface area (TPSA) is 319 Å². The number of rotatable bonds is 17. The summed E-state index contributed by atoms with van der Waals surface area (Å²) < 4.78 is 0. The Kier molecular flexibility index (Phi) is 12.8. The number of phenols is 2. The Bertz CT molecular complexity index is 2130. The predicted octanol–water partition coefficient (Wildman–Crippen LogP) is 1.71. The van der Waals surface area contributed by atoms with Crippen LogP contribution in [-0.4, -0.2) is 141 Å². The Morgan fingerprint density at radius 1 is 1.17 bits per heavy atom. The molecule has 58 heavy (non-hydrogen) atoms. The first-order valence-electron chi connectivity index (χ1n) is 17.2. The van der Waals surface area contributed by atoms with Crippen LogP contribution in [-0.2, 0) is 24.0 Å². The molecule has 3 fully saturated rings. The number of urea groups is 2. The average molecular weight is 865 g/mol. The number of Topliss-reactive ketones (excluding diaryl/α,β-unsaturated/α-hetero) is 2. The normalized spacial score (nSPS) is 22.0. The first-order valence-corrected chi connectivity index (χ1v) is 19.3. The number of phenolic OH excluding ortho intramolecular Hbond substituents is 2. The van der Waals surface area contributed by atoms with E-state index in [0.29, 0.717) is 0 Å². The number of thiazole rings is 1. The number of nitrogen functional groups attached to an aromatic ring is 1. The second-order valence-electron chi connectivity index (χ2n) is 13.5. The molecule has 0 aliphatic carbocycles. The number of fused-ring (bicyclic) bond motifs is 1. The minimum atomic E-state index is -1.93.